The number of carbonyl (C=O) groups excluding carboxylic acids is 2. The molecule has 0 aromatic carbocycles. The van der Waals surface area contributed by atoms with Gasteiger partial charge in [-0.15, -0.1) is 0 Å². The van der Waals surface area contributed by atoms with Crippen molar-refractivity contribution in [2.75, 3.05) is 30.4 Å². The molecule has 0 atom stereocenters. The van der Waals surface area contributed by atoms with Gasteiger partial charge in [0.15, 0.2) is 5.82 Å². The van der Waals surface area contributed by atoms with E-state index < -0.39 is 0 Å². The molecule has 89 valence electrons. The average molecular weight is 232 g/mol. The zero-order valence-electron chi connectivity index (χ0n) is 9.88. The largest absolute Gasteiger partial charge is 0.375 e. The standard InChI is InChI=1S/C12H14N3O2/c1-4-11(17)15(8-9-16)12-10(14(2)3)6-5-7-13-12/h4-7H,1,8H2,2-3H3. The molecular formula is C12H14N3O2. The third kappa shape index (κ3) is 2.90. The van der Waals surface area contributed by atoms with Gasteiger partial charge in [0.2, 0.25) is 6.29 Å². The molecule has 0 aliphatic carbocycles. The maximum absolute atomic E-state index is 11.6. The Morgan fingerprint density at radius 3 is 2.82 bits per heavy atom. The molecular weight excluding hydrogens is 218 g/mol. The van der Waals surface area contributed by atoms with Gasteiger partial charge in [0.05, 0.1) is 12.2 Å². The van der Waals surface area contributed by atoms with Crippen molar-refractivity contribution in [3.63, 3.8) is 0 Å². The summed E-state index contributed by atoms with van der Waals surface area (Å²) in [6.45, 7) is 3.24. The summed E-state index contributed by atoms with van der Waals surface area (Å²) in [5.41, 5.74) is 0.748. The van der Waals surface area contributed by atoms with Gasteiger partial charge in [-0.05, 0) is 18.2 Å². The van der Waals surface area contributed by atoms with Crippen molar-refractivity contribution in [3.8, 4) is 0 Å². The van der Waals surface area contributed by atoms with E-state index in [-0.39, 0.29) is 12.5 Å². The first-order valence-corrected chi connectivity index (χ1v) is 5.03. The van der Waals surface area contributed by atoms with Crippen LogP contribution in [0.3, 0.4) is 0 Å². The third-order valence-corrected chi connectivity index (χ3v) is 2.17. The van der Waals surface area contributed by atoms with Crippen LogP contribution < -0.4 is 9.80 Å². The van der Waals surface area contributed by atoms with Gasteiger partial charge in [-0.25, -0.2) is 4.98 Å². The van der Waals surface area contributed by atoms with E-state index in [4.69, 9.17) is 0 Å². The molecule has 1 rings (SSSR count). The first-order valence-electron chi connectivity index (χ1n) is 5.03. The minimum absolute atomic E-state index is 0.164. The molecule has 0 aliphatic rings. The second-order valence-electron chi connectivity index (χ2n) is 3.51. The van der Waals surface area contributed by atoms with Gasteiger partial charge in [-0.1, -0.05) is 6.58 Å². The summed E-state index contributed by atoms with van der Waals surface area (Å²) >= 11 is 0. The Hall–Kier alpha value is -2.17. The molecule has 0 aliphatic heterocycles. The first-order chi connectivity index (χ1) is 8.11. The van der Waals surface area contributed by atoms with E-state index in [0.717, 1.165) is 11.8 Å². The normalized spacial score (nSPS) is 9.53. The number of hydrogen-bond donors (Lipinski definition) is 0. The number of hydrogen-bond acceptors (Lipinski definition) is 4. The molecule has 5 nitrogen and oxygen atoms in total. The highest BCUT2D eigenvalue weighted by atomic mass is 16.2. The van der Waals surface area contributed by atoms with Crippen LogP contribution in [0.2, 0.25) is 0 Å². The van der Waals surface area contributed by atoms with E-state index in [9.17, 15) is 9.59 Å². The molecule has 0 saturated heterocycles. The minimum atomic E-state index is -0.379. The van der Waals surface area contributed by atoms with Gasteiger partial charge in [0.1, 0.15) is 0 Å². The van der Waals surface area contributed by atoms with Gasteiger partial charge in [-0.3, -0.25) is 14.5 Å². The van der Waals surface area contributed by atoms with E-state index in [1.54, 1.807) is 18.5 Å². The number of anilines is 2. The quantitative estimate of drug-likeness (QED) is 0.704. The Morgan fingerprint density at radius 2 is 2.29 bits per heavy atom. The Bertz CT molecular complexity index is 430. The Balaban J connectivity index is 3.21. The number of amides is 1. The van der Waals surface area contributed by atoms with Crippen LogP contribution in [0.1, 0.15) is 0 Å². The maximum Gasteiger partial charge on any atom is 0.252 e. The molecule has 1 radical (unpaired) electrons. The molecule has 1 amide bonds. The van der Waals surface area contributed by atoms with Crippen molar-refractivity contribution in [1.29, 1.82) is 0 Å². The van der Waals surface area contributed by atoms with Crippen molar-refractivity contribution in [1.82, 2.24) is 4.98 Å². The number of carbonyl (C=O) groups is 1. The van der Waals surface area contributed by atoms with Crippen LogP contribution in [-0.4, -0.2) is 37.8 Å². The van der Waals surface area contributed by atoms with Crippen LogP contribution in [0.4, 0.5) is 11.5 Å². The summed E-state index contributed by atoms with van der Waals surface area (Å²) in [6, 6.07) is 3.58. The zero-order valence-corrected chi connectivity index (χ0v) is 9.88. The molecule has 0 saturated carbocycles. The van der Waals surface area contributed by atoms with Gasteiger partial charge in [0, 0.05) is 20.3 Å². The lowest BCUT2D eigenvalue weighted by Crippen LogP contribution is -2.33. The van der Waals surface area contributed by atoms with E-state index in [2.05, 4.69) is 11.6 Å². The molecule has 1 aromatic heterocycles. The van der Waals surface area contributed by atoms with E-state index in [1.807, 2.05) is 25.1 Å². The summed E-state index contributed by atoms with van der Waals surface area (Å²) in [7, 11) is 3.67. The van der Waals surface area contributed by atoms with Gasteiger partial charge in [-0.2, -0.15) is 0 Å². The highest BCUT2D eigenvalue weighted by molar-refractivity contribution is 6.04. The smallest absolute Gasteiger partial charge is 0.252 e. The van der Waals surface area contributed by atoms with Crippen molar-refractivity contribution < 1.29 is 9.59 Å². The Morgan fingerprint density at radius 1 is 1.59 bits per heavy atom. The number of rotatable bonds is 5. The topological polar surface area (TPSA) is 53.5 Å². The lowest BCUT2D eigenvalue weighted by atomic mass is 10.3. The van der Waals surface area contributed by atoms with Crippen LogP contribution in [0.5, 0.6) is 0 Å². The maximum atomic E-state index is 11.6. The van der Waals surface area contributed by atoms with Crippen LogP contribution in [0.25, 0.3) is 0 Å². The van der Waals surface area contributed by atoms with Crippen LogP contribution in [0.15, 0.2) is 31.0 Å². The molecule has 0 fully saturated rings. The van der Waals surface area contributed by atoms with Gasteiger partial charge in [0.25, 0.3) is 5.91 Å². The van der Waals surface area contributed by atoms with Crippen molar-refractivity contribution in [2.24, 2.45) is 0 Å². The lowest BCUT2D eigenvalue weighted by molar-refractivity contribution is -0.114. The lowest BCUT2D eigenvalue weighted by Gasteiger charge is -2.23. The molecule has 1 heterocycles. The highest BCUT2D eigenvalue weighted by Gasteiger charge is 2.18. The third-order valence-electron chi connectivity index (χ3n) is 2.17. The molecule has 0 unspecified atom stereocenters. The molecule has 0 spiro atoms. The molecule has 1 aromatic rings. The first kappa shape index (κ1) is 12.9. The van der Waals surface area contributed by atoms with Crippen molar-refractivity contribution in [3.05, 3.63) is 31.0 Å². The second kappa shape index (κ2) is 5.79. The highest BCUT2D eigenvalue weighted by Crippen LogP contribution is 2.24. The van der Waals surface area contributed by atoms with Gasteiger partial charge < -0.3 is 4.90 Å². The molecule has 0 N–H and O–H groups in total. The van der Waals surface area contributed by atoms with E-state index in [1.165, 1.54) is 4.90 Å². The predicted octanol–water partition coefficient (Wildman–Crippen LogP) is 0.776. The molecule has 5 heteroatoms. The Kier molecular flexibility index (Phi) is 4.39. The second-order valence-corrected chi connectivity index (χ2v) is 3.51. The van der Waals surface area contributed by atoms with E-state index >= 15 is 0 Å². The fraction of sp³-hybridized carbons (Fsp3) is 0.250. The summed E-state index contributed by atoms with van der Waals surface area (Å²) in [5.74, 6) is 0.0425. The zero-order chi connectivity index (χ0) is 12.8. The SMILES string of the molecule is C=CC(=O)N(C[C]=O)c1ncccc1N(C)C. The number of nitrogens with zero attached hydrogens (tertiary/aromatic N) is 3. The molecule has 0 bridgehead atoms. The monoisotopic (exact) mass is 232 g/mol. The number of aromatic nitrogens is 1. The Labute approximate surface area is 100 Å². The molecule has 17 heavy (non-hydrogen) atoms. The minimum Gasteiger partial charge on any atom is -0.375 e. The summed E-state index contributed by atoms with van der Waals surface area (Å²) in [4.78, 5) is 29.3. The number of pyridine rings is 1. The van der Waals surface area contributed by atoms with Crippen molar-refractivity contribution in [2.45, 2.75) is 0 Å². The summed E-state index contributed by atoms with van der Waals surface area (Å²) < 4.78 is 0. The fourth-order valence-electron chi connectivity index (χ4n) is 1.38. The summed E-state index contributed by atoms with van der Waals surface area (Å²) in [5, 5.41) is 0. The summed E-state index contributed by atoms with van der Waals surface area (Å²) in [6.07, 6.45) is 4.41. The van der Waals surface area contributed by atoms with E-state index in [0.29, 0.717) is 5.82 Å². The van der Waals surface area contributed by atoms with Crippen LogP contribution in [-0.2, 0) is 9.59 Å². The van der Waals surface area contributed by atoms with Crippen molar-refractivity contribution >= 4 is 23.7 Å². The van der Waals surface area contributed by atoms with Crippen LogP contribution >= 0.6 is 0 Å². The fourth-order valence-corrected chi connectivity index (χ4v) is 1.38. The predicted molar refractivity (Wildman–Crippen MR) is 66.8 cm³/mol. The average Bonchev–Trinajstić information content (AvgIpc) is 2.35. The van der Waals surface area contributed by atoms with Crippen LogP contribution in [0, 0.1) is 0 Å². The van der Waals surface area contributed by atoms with Gasteiger partial charge >= 0.3 is 0 Å².